The summed E-state index contributed by atoms with van der Waals surface area (Å²) in [5.41, 5.74) is 0.950. The van der Waals surface area contributed by atoms with Crippen molar-refractivity contribution >= 4 is 22.8 Å². The van der Waals surface area contributed by atoms with E-state index in [1.807, 2.05) is 48.1 Å². The predicted octanol–water partition coefficient (Wildman–Crippen LogP) is 3.13. The summed E-state index contributed by atoms with van der Waals surface area (Å²) in [6.45, 7) is 0. The minimum absolute atomic E-state index is 0.858. The third-order valence-corrected chi connectivity index (χ3v) is 3.93. The van der Waals surface area contributed by atoms with Crippen molar-refractivity contribution in [2.45, 2.75) is 9.92 Å². The molecule has 0 fully saturated rings. The first-order valence-electron chi connectivity index (χ1n) is 5.86. The molecule has 3 aromatic rings. The van der Waals surface area contributed by atoms with E-state index in [0.29, 0.717) is 0 Å². The van der Waals surface area contributed by atoms with Crippen molar-refractivity contribution in [2.75, 3.05) is 7.11 Å². The van der Waals surface area contributed by atoms with Crippen LogP contribution in [0.4, 0.5) is 0 Å². The van der Waals surface area contributed by atoms with E-state index in [2.05, 4.69) is 9.97 Å². The highest BCUT2D eigenvalue weighted by molar-refractivity contribution is 7.99. The second-order valence-electron chi connectivity index (χ2n) is 4.12. The van der Waals surface area contributed by atoms with Crippen LogP contribution in [0.1, 0.15) is 0 Å². The molecule has 3 rings (SSSR count). The van der Waals surface area contributed by atoms with Crippen LogP contribution >= 0.6 is 11.8 Å². The highest BCUT2D eigenvalue weighted by atomic mass is 32.2. The van der Waals surface area contributed by atoms with Crippen molar-refractivity contribution in [3.63, 3.8) is 0 Å². The Labute approximate surface area is 115 Å². The van der Waals surface area contributed by atoms with Gasteiger partial charge in [0.15, 0.2) is 0 Å². The molecular weight excluding hydrogens is 258 g/mol. The molecule has 0 amide bonds. The van der Waals surface area contributed by atoms with Gasteiger partial charge in [0, 0.05) is 18.1 Å². The van der Waals surface area contributed by atoms with Gasteiger partial charge in [-0.3, -0.25) is 0 Å². The van der Waals surface area contributed by atoms with Crippen LogP contribution < -0.4 is 4.74 Å². The van der Waals surface area contributed by atoms with Crippen LogP contribution in [0.15, 0.2) is 52.8 Å². The lowest BCUT2D eigenvalue weighted by Crippen LogP contribution is -1.90. The van der Waals surface area contributed by atoms with Gasteiger partial charge < -0.3 is 9.30 Å². The van der Waals surface area contributed by atoms with Crippen LogP contribution in [0.3, 0.4) is 0 Å². The molecule has 0 aliphatic heterocycles. The van der Waals surface area contributed by atoms with E-state index in [-0.39, 0.29) is 0 Å². The average Bonchev–Trinajstić information content (AvgIpc) is 2.83. The first kappa shape index (κ1) is 12.0. The molecule has 0 N–H and O–H groups in total. The van der Waals surface area contributed by atoms with E-state index >= 15 is 0 Å². The molecule has 0 bridgehead atoms. The number of ether oxygens (including phenoxy) is 1. The number of nitrogens with zero attached hydrogens (tertiary/aromatic N) is 3. The van der Waals surface area contributed by atoms with Gasteiger partial charge in [0.25, 0.3) is 0 Å². The fourth-order valence-electron chi connectivity index (χ4n) is 1.89. The highest BCUT2D eigenvalue weighted by Crippen LogP contribution is 2.31. The van der Waals surface area contributed by atoms with Crippen molar-refractivity contribution in [3.05, 3.63) is 42.9 Å². The molecule has 2 heterocycles. The number of methoxy groups -OCH3 is 1. The normalized spacial score (nSPS) is 10.8. The van der Waals surface area contributed by atoms with Crippen LogP contribution in [0.5, 0.6) is 5.75 Å². The van der Waals surface area contributed by atoms with Crippen molar-refractivity contribution in [3.8, 4) is 5.75 Å². The molecule has 5 heteroatoms. The van der Waals surface area contributed by atoms with E-state index in [1.165, 1.54) is 0 Å². The summed E-state index contributed by atoms with van der Waals surface area (Å²) < 4.78 is 7.15. The van der Waals surface area contributed by atoms with E-state index in [9.17, 15) is 0 Å². The standard InChI is InChI=1S/C14H13N3OS/c1-17-8-7-12-13(17)15-9-16-14(12)19-11-5-3-10(18-2)4-6-11/h3-9H,1-2H3. The highest BCUT2D eigenvalue weighted by Gasteiger charge is 2.08. The molecule has 1 aromatic carbocycles. The summed E-state index contributed by atoms with van der Waals surface area (Å²) in [7, 11) is 3.65. The molecule has 0 radical (unpaired) electrons. The first-order valence-corrected chi connectivity index (χ1v) is 6.67. The Morgan fingerprint density at radius 2 is 1.89 bits per heavy atom. The average molecular weight is 271 g/mol. The summed E-state index contributed by atoms with van der Waals surface area (Å²) in [5, 5.41) is 2.04. The van der Waals surface area contributed by atoms with Crippen molar-refractivity contribution < 1.29 is 4.74 Å². The number of fused-ring (bicyclic) bond motifs is 1. The molecule has 4 nitrogen and oxygen atoms in total. The molecule has 0 saturated heterocycles. The zero-order chi connectivity index (χ0) is 13.2. The second kappa shape index (κ2) is 4.93. The van der Waals surface area contributed by atoms with Crippen LogP contribution in [0.2, 0.25) is 0 Å². The van der Waals surface area contributed by atoms with Crippen molar-refractivity contribution in [1.82, 2.24) is 14.5 Å². The van der Waals surface area contributed by atoms with Crippen LogP contribution in [-0.4, -0.2) is 21.6 Å². The third kappa shape index (κ3) is 2.29. The van der Waals surface area contributed by atoms with Gasteiger partial charge in [-0.15, -0.1) is 0 Å². The van der Waals surface area contributed by atoms with Crippen molar-refractivity contribution in [1.29, 1.82) is 0 Å². The van der Waals surface area contributed by atoms with Gasteiger partial charge in [0.05, 0.1) is 12.5 Å². The lowest BCUT2D eigenvalue weighted by molar-refractivity contribution is 0.414. The number of rotatable bonds is 3. The van der Waals surface area contributed by atoms with E-state index < -0.39 is 0 Å². The number of hydrogen-bond acceptors (Lipinski definition) is 4. The molecule has 0 atom stereocenters. The Hall–Kier alpha value is -2.01. The largest absolute Gasteiger partial charge is 0.497 e. The topological polar surface area (TPSA) is 39.9 Å². The van der Waals surface area contributed by atoms with Gasteiger partial charge in [-0.25, -0.2) is 9.97 Å². The van der Waals surface area contributed by atoms with Crippen LogP contribution in [-0.2, 0) is 7.05 Å². The maximum atomic E-state index is 5.15. The van der Waals surface area contributed by atoms with Gasteiger partial charge >= 0.3 is 0 Å². The Morgan fingerprint density at radius 3 is 2.63 bits per heavy atom. The van der Waals surface area contributed by atoms with E-state index in [1.54, 1.807) is 25.2 Å². The van der Waals surface area contributed by atoms with Crippen LogP contribution in [0.25, 0.3) is 11.0 Å². The molecule has 0 saturated carbocycles. The quantitative estimate of drug-likeness (QED) is 0.686. The summed E-state index contributed by atoms with van der Waals surface area (Å²) in [6, 6.07) is 10.00. The molecular formula is C14H13N3OS. The predicted molar refractivity (Wildman–Crippen MR) is 75.6 cm³/mol. The second-order valence-corrected chi connectivity index (χ2v) is 5.18. The Kier molecular flexibility index (Phi) is 3.13. The molecule has 19 heavy (non-hydrogen) atoms. The maximum Gasteiger partial charge on any atom is 0.144 e. The van der Waals surface area contributed by atoms with E-state index in [0.717, 1.165) is 26.7 Å². The fourth-order valence-corrected chi connectivity index (χ4v) is 2.76. The Bertz CT molecular complexity index is 706. The molecule has 0 unspecified atom stereocenters. The Morgan fingerprint density at radius 1 is 1.11 bits per heavy atom. The van der Waals surface area contributed by atoms with Gasteiger partial charge in [-0.1, -0.05) is 11.8 Å². The van der Waals surface area contributed by atoms with Gasteiger partial charge in [-0.05, 0) is 30.3 Å². The number of hydrogen-bond donors (Lipinski definition) is 0. The number of benzene rings is 1. The molecule has 0 aliphatic rings. The summed E-state index contributed by atoms with van der Waals surface area (Å²) in [5.74, 6) is 0.858. The summed E-state index contributed by atoms with van der Waals surface area (Å²) >= 11 is 1.63. The monoisotopic (exact) mass is 271 g/mol. The zero-order valence-corrected chi connectivity index (χ0v) is 11.5. The SMILES string of the molecule is COc1ccc(Sc2ncnc3c2ccn3C)cc1. The van der Waals surface area contributed by atoms with E-state index in [4.69, 9.17) is 4.74 Å². The molecule has 2 aromatic heterocycles. The maximum absolute atomic E-state index is 5.15. The minimum Gasteiger partial charge on any atom is -0.497 e. The van der Waals surface area contributed by atoms with Gasteiger partial charge in [0.1, 0.15) is 22.7 Å². The minimum atomic E-state index is 0.858. The summed E-state index contributed by atoms with van der Waals surface area (Å²) in [4.78, 5) is 9.78. The lowest BCUT2D eigenvalue weighted by atomic mass is 10.3. The Balaban J connectivity index is 1.96. The van der Waals surface area contributed by atoms with Crippen LogP contribution in [0, 0.1) is 0 Å². The van der Waals surface area contributed by atoms with Crippen molar-refractivity contribution in [2.24, 2.45) is 7.05 Å². The molecule has 0 aliphatic carbocycles. The number of aromatic nitrogens is 3. The number of aryl methyl sites for hydroxylation is 1. The molecule has 0 spiro atoms. The third-order valence-electron chi connectivity index (χ3n) is 2.90. The molecule has 96 valence electrons. The van der Waals surface area contributed by atoms with Gasteiger partial charge in [-0.2, -0.15) is 0 Å². The summed E-state index contributed by atoms with van der Waals surface area (Å²) in [6.07, 6.45) is 3.60. The smallest absolute Gasteiger partial charge is 0.144 e. The first-order chi connectivity index (χ1) is 9.28. The lowest BCUT2D eigenvalue weighted by Gasteiger charge is -2.04. The zero-order valence-electron chi connectivity index (χ0n) is 10.7. The fraction of sp³-hybridized carbons (Fsp3) is 0.143. The van der Waals surface area contributed by atoms with Gasteiger partial charge in [0.2, 0.25) is 0 Å².